The Hall–Kier alpha value is -1.35. The number of anilines is 1. The first-order chi connectivity index (χ1) is 8.66. The first-order valence-electron chi connectivity index (χ1n) is 6.21. The highest BCUT2D eigenvalue weighted by molar-refractivity contribution is 6.35. The van der Waals surface area contributed by atoms with Gasteiger partial charge in [-0.15, -0.1) is 0 Å². The van der Waals surface area contributed by atoms with Crippen LogP contribution in [0.1, 0.15) is 37.3 Å². The largest absolute Gasteiger partial charge is 0.398 e. The summed E-state index contributed by atoms with van der Waals surface area (Å²) in [5.74, 6) is 0.0772. The molecule has 3 rings (SSSR count). The predicted octanol–water partition coefficient (Wildman–Crippen LogP) is 4.27. The van der Waals surface area contributed by atoms with Crippen LogP contribution in [-0.2, 0) is 0 Å². The van der Waals surface area contributed by atoms with E-state index >= 15 is 0 Å². The summed E-state index contributed by atoms with van der Waals surface area (Å²) in [6, 6.07) is 4.67. The molecule has 1 aliphatic rings. The molecule has 0 radical (unpaired) electrons. The summed E-state index contributed by atoms with van der Waals surface area (Å²) >= 11 is 6.09. The molecule has 0 spiro atoms. The highest BCUT2D eigenvalue weighted by atomic mass is 35.5. The van der Waals surface area contributed by atoms with Gasteiger partial charge in [-0.1, -0.05) is 24.4 Å². The predicted molar refractivity (Wildman–Crippen MR) is 72.3 cm³/mol. The second kappa shape index (κ2) is 4.39. The summed E-state index contributed by atoms with van der Waals surface area (Å²) in [5.41, 5.74) is 7.82. The Bertz CT molecular complexity index is 606. The zero-order valence-electron chi connectivity index (χ0n) is 9.92. The van der Waals surface area contributed by atoms with Crippen molar-refractivity contribution < 1.29 is 4.39 Å². The lowest BCUT2D eigenvalue weighted by molar-refractivity contribution is 0.639. The molecular formula is C14H14ClFN2. The van der Waals surface area contributed by atoms with Crippen molar-refractivity contribution in [3.05, 3.63) is 34.7 Å². The Morgan fingerprint density at radius 3 is 2.72 bits per heavy atom. The van der Waals surface area contributed by atoms with Crippen LogP contribution < -0.4 is 5.73 Å². The van der Waals surface area contributed by atoms with Gasteiger partial charge < -0.3 is 5.73 Å². The molecule has 18 heavy (non-hydrogen) atoms. The summed E-state index contributed by atoms with van der Waals surface area (Å²) in [6.07, 6.45) is 4.71. The molecule has 0 amide bonds. The van der Waals surface area contributed by atoms with E-state index < -0.39 is 0 Å². The summed E-state index contributed by atoms with van der Waals surface area (Å²) in [4.78, 5) is 4.53. The first-order valence-corrected chi connectivity index (χ1v) is 6.59. The number of fused-ring (bicyclic) bond motifs is 1. The summed E-state index contributed by atoms with van der Waals surface area (Å²) in [5, 5.41) is 0.794. The normalized spacial score (nSPS) is 16.6. The van der Waals surface area contributed by atoms with E-state index in [1.54, 1.807) is 6.07 Å². The standard InChI is InChI=1S/C14H14ClFN2/c15-9-5-6-10(16)13-11(17)7-12(18-14(9)13)8-3-1-2-4-8/h5-8H,1-4H2,(H2,17,18). The molecule has 0 aliphatic heterocycles. The van der Waals surface area contributed by atoms with E-state index in [2.05, 4.69) is 4.98 Å². The van der Waals surface area contributed by atoms with Gasteiger partial charge in [-0.25, -0.2) is 4.39 Å². The van der Waals surface area contributed by atoms with E-state index in [0.717, 1.165) is 18.5 Å². The van der Waals surface area contributed by atoms with Gasteiger partial charge in [-0.05, 0) is 31.0 Å². The fourth-order valence-electron chi connectivity index (χ4n) is 2.75. The Balaban J connectivity index is 2.23. The lowest BCUT2D eigenvalue weighted by Gasteiger charge is -2.12. The van der Waals surface area contributed by atoms with Crippen LogP contribution in [0.25, 0.3) is 10.9 Å². The fraction of sp³-hybridized carbons (Fsp3) is 0.357. The fourth-order valence-corrected chi connectivity index (χ4v) is 2.95. The molecule has 2 aromatic rings. The van der Waals surface area contributed by atoms with Crippen LogP contribution in [0.3, 0.4) is 0 Å². The Morgan fingerprint density at radius 1 is 1.28 bits per heavy atom. The second-order valence-electron chi connectivity index (χ2n) is 4.87. The number of nitrogens with zero attached hydrogens (tertiary/aromatic N) is 1. The minimum atomic E-state index is -0.364. The van der Waals surface area contributed by atoms with Crippen LogP contribution in [0.15, 0.2) is 18.2 Å². The smallest absolute Gasteiger partial charge is 0.134 e. The van der Waals surface area contributed by atoms with E-state index in [4.69, 9.17) is 17.3 Å². The number of nitrogens with two attached hydrogens (primary N) is 1. The number of rotatable bonds is 1. The van der Waals surface area contributed by atoms with Crippen LogP contribution in [0.2, 0.25) is 5.02 Å². The number of halogens is 2. The monoisotopic (exact) mass is 264 g/mol. The Kier molecular flexibility index (Phi) is 2.86. The maximum Gasteiger partial charge on any atom is 0.134 e. The van der Waals surface area contributed by atoms with Gasteiger partial charge in [0.05, 0.1) is 15.9 Å². The van der Waals surface area contributed by atoms with Crippen LogP contribution >= 0.6 is 11.6 Å². The summed E-state index contributed by atoms with van der Waals surface area (Å²) in [7, 11) is 0. The molecule has 4 heteroatoms. The molecule has 1 saturated carbocycles. The Labute approximate surface area is 110 Å². The van der Waals surface area contributed by atoms with Gasteiger partial charge in [0, 0.05) is 17.3 Å². The average molecular weight is 265 g/mol. The third-order valence-electron chi connectivity index (χ3n) is 3.68. The highest BCUT2D eigenvalue weighted by Crippen LogP contribution is 2.37. The van der Waals surface area contributed by atoms with Crippen LogP contribution in [0, 0.1) is 5.82 Å². The molecule has 2 nitrogen and oxygen atoms in total. The number of pyridine rings is 1. The molecule has 0 saturated heterocycles. The molecule has 0 atom stereocenters. The van der Waals surface area contributed by atoms with Crippen LogP contribution in [0.4, 0.5) is 10.1 Å². The lowest BCUT2D eigenvalue weighted by Crippen LogP contribution is -2.01. The van der Waals surface area contributed by atoms with E-state index in [0.29, 0.717) is 27.5 Å². The van der Waals surface area contributed by atoms with Crippen molar-refractivity contribution in [2.45, 2.75) is 31.6 Å². The van der Waals surface area contributed by atoms with Crippen molar-refractivity contribution in [3.63, 3.8) is 0 Å². The third-order valence-corrected chi connectivity index (χ3v) is 3.99. The van der Waals surface area contributed by atoms with Crippen LogP contribution in [-0.4, -0.2) is 4.98 Å². The maximum atomic E-state index is 13.8. The Morgan fingerprint density at radius 2 is 2.00 bits per heavy atom. The van der Waals surface area contributed by atoms with Crippen molar-refractivity contribution >= 4 is 28.2 Å². The SMILES string of the molecule is Nc1cc(C2CCCC2)nc2c(Cl)ccc(F)c12. The van der Waals surface area contributed by atoms with E-state index in [-0.39, 0.29) is 5.82 Å². The molecule has 1 heterocycles. The van der Waals surface area contributed by atoms with Gasteiger partial charge in [0.1, 0.15) is 5.82 Å². The molecule has 0 unspecified atom stereocenters. The van der Waals surface area contributed by atoms with Gasteiger partial charge >= 0.3 is 0 Å². The molecular weight excluding hydrogens is 251 g/mol. The molecule has 0 bridgehead atoms. The summed E-state index contributed by atoms with van der Waals surface area (Å²) in [6.45, 7) is 0. The van der Waals surface area contributed by atoms with Crippen molar-refractivity contribution in [3.8, 4) is 0 Å². The molecule has 1 aromatic carbocycles. The van der Waals surface area contributed by atoms with Crippen LogP contribution in [0.5, 0.6) is 0 Å². The highest BCUT2D eigenvalue weighted by Gasteiger charge is 2.20. The number of hydrogen-bond acceptors (Lipinski definition) is 2. The lowest BCUT2D eigenvalue weighted by atomic mass is 10.0. The maximum absolute atomic E-state index is 13.8. The van der Waals surface area contributed by atoms with E-state index in [1.807, 2.05) is 0 Å². The zero-order valence-corrected chi connectivity index (χ0v) is 10.7. The van der Waals surface area contributed by atoms with Crippen molar-refractivity contribution in [1.29, 1.82) is 0 Å². The van der Waals surface area contributed by atoms with E-state index in [9.17, 15) is 4.39 Å². The van der Waals surface area contributed by atoms with Gasteiger partial charge in [0.25, 0.3) is 0 Å². The molecule has 1 fully saturated rings. The van der Waals surface area contributed by atoms with E-state index in [1.165, 1.54) is 25.0 Å². The van der Waals surface area contributed by atoms with Gasteiger partial charge in [0.2, 0.25) is 0 Å². The van der Waals surface area contributed by atoms with Crippen molar-refractivity contribution in [1.82, 2.24) is 4.98 Å². The quantitative estimate of drug-likeness (QED) is 0.835. The van der Waals surface area contributed by atoms with Gasteiger partial charge in [-0.3, -0.25) is 4.98 Å². The minimum Gasteiger partial charge on any atom is -0.398 e. The van der Waals surface area contributed by atoms with Gasteiger partial charge in [-0.2, -0.15) is 0 Å². The molecule has 2 N–H and O–H groups in total. The van der Waals surface area contributed by atoms with Crippen molar-refractivity contribution in [2.24, 2.45) is 0 Å². The minimum absolute atomic E-state index is 0.337. The topological polar surface area (TPSA) is 38.9 Å². The van der Waals surface area contributed by atoms with Gasteiger partial charge in [0.15, 0.2) is 0 Å². The first kappa shape index (κ1) is 11.7. The number of nitrogen functional groups attached to an aromatic ring is 1. The number of hydrogen-bond donors (Lipinski definition) is 1. The number of benzene rings is 1. The number of aromatic nitrogens is 1. The average Bonchev–Trinajstić information content (AvgIpc) is 2.87. The molecule has 1 aromatic heterocycles. The van der Waals surface area contributed by atoms with Crippen molar-refractivity contribution in [2.75, 3.05) is 5.73 Å². The zero-order chi connectivity index (χ0) is 12.7. The molecule has 94 valence electrons. The summed E-state index contributed by atoms with van der Waals surface area (Å²) < 4.78 is 13.8. The third kappa shape index (κ3) is 1.83. The second-order valence-corrected chi connectivity index (χ2v) is 5.28. The molecule has 1 aliphatic carbocycles.